The molecule has 0 radical (unpaired) electrons. The number of ether oxygens (including phenoxy) is 1. The van der Waals surface area contributed by atoms with Crippen LogP contribution in [0.5, 0.6) is 5.75 Å². The molecule has 0 unspecified atom stereocenters. The van der Waals surface area contributed by atoms with E-state index in [1.165, 1.54) is 0 Å². The van der Waals surface area contributed by atoms with E-state index in [1.54, 1.807) is 18.3 Å². The van der Waals surface area contributed by atoms with Gasteiger partial charge in [0.1, 0.15) is 12.4 Å². The first-order valence-corrected chi connectivity index (χ1v) is 9.63. The summed E-state index contributed by atoms with van der Waals surface area (Å²) in [6.07, 6.45) is 1.56. The van der Waals surface area contributed by atoms with Gasteiger partial charge in [0.25, 0.3) is 5.91 Å². The lowest BCUT2D eigenvalue weighted by molar-refractivity contribution is 0.0955. The average molecular weight is 491 g/mol. The first kappa shape index (κ1) is 19.4. The molecular formula is C21H16ClIN2O2. The molecule has 6 heteroatoms. The van der Waals surface area contributed by atoms with Crippen molar-refractivity contribution >= 4 is 46.3 Å². The summed E-state index contributed by atoms with van der Waals surface area (Å²) in [5.41, 5.74) is 4.74. The smallest absolute Gasteiger partial charge is 0.271 e. The van der Waals surface area contributed by atoms with Crippen molar-refractivity contribution in [2.75, 3.05) is 0 Å². The van der Waals surface area contributed by atoms with Crippen LogP contribution in [0.3, 0.4) is 0 Å². The van der Waals surface area contributed by atoms with E-state index >= 15 is 0 Å². The zero-order valence-electron chi connectivity index (χ0n) is 14.2. The standard InChI is InChI=1S/C21H16ClIN2O2/c22-19-7-3-1-6-17(19)14-27-20-8-4-2-5-16(20)13-24-25-21(26)15-9-11-18(23)12-10-15/h1-13H,14H2,(H,25,26)/b24-13-. The van der Waals surface area contributed by atoms with Gasteiger partial charge in [0.15, 0.2) is 0 Å². The van der Waals surface area contributed by atoms with Gasteiger partial charge >= 0.3 is 0 Å². The zero-order chi connectivity index (χ0) is 19.1. The molecule has 0 bridgehead atoms. The number of rotatable bonds is 6. The third-order valence-corrected chi connectivity index (χ3v) is 4.82. The van der Waals surface area contributed by atoms with E-state index in [0.29, 0.717) is 22.9 Å². The highest BCUT2D eigenvalue weighted by Crippen LogP contribution is 2.21. The van der Waals surface area contributed by atoms with E-state index in [1.807, 2.05) is 60.7 Å². The van der Waals surface area contributed by atoms with Crippen LogP contribution >= 0.6 is 34.2 Å². The number of carbonyl (C=O) groups excluding carboxylic acids is 1. The van der Waals surface area contributed by atoms with E-state index in [2.05, 4.69) is 33.1 Å². The van der Waals surface area contributed by atoms with Crippen LogP contribution in [-0.4, -0.2) is 12.1 Å². The van der Waals surface area contributed by atoms with Crippen LogP contribution in [0.15, 0.2) is 77.9 Å². The molecule has 4 nitrogen and oxygen atoms in total. The Labute approximate surface area is 176 Å². The van der Waals surface area contributed by atoms with Gasteiger partial charge in [-0.1, -0.05) is 41.9 Å². The molecule has 0 aromatic heterocycles. The number of carbonyl (C=O) groups is 1. The summed E-state index contributed by atoms with van der Waals surface area (Å²) in [6.45, 7) is 0.347. The summed E-state index contributed by atoms with van der Waals surface area (Å²) >= 11 is 8.35. The van der Waals surface area contributed by atoms with E-state index in [9.17, 15) is 4.79 Å². The Bertz CT molecular complexity index is 958. The van der Waals surface area contributed by atoms with Gasteiger partial charge in [-0.05, 0) is 65.1 Å². The maximum absolute atomic E-state index is 12.1. The van der Waals surface area contributed by atoms with Gasteiger partial charge in [-0.25, -0.2) is 5.43 Å². The van der Waals surface area contributed by atoms with Crippen molar-refractivity contribution in [2.45, 2.75) is 6.61 Å². The highest BCUT2D eigenvalue weighted by Gasteiger charge is 2.05. The molecule has 0 aliphatic carbocycles. The van der Waals surface area contributed by atoms with Gasteiger partial charge in [0.2, 0.25) is 0 Å². The minimum atomic E-state index is -0.267. The van der Waals surface area contributed by atoms with Crippen LogP contribution in [0, 0.1) is 3.57 Å². The molecule has 3 rings (SSSR count). The molecule has 136 valence electrons. The molecule has 3 aromatic carbocycles. The SMILES string of the molecule is O=C(N/N=C\c1ccccc1OCc1ccccc1Cl)c1ccc(I)cc1. The predicted octanol–water partition coefficient (Wildman–Crippen LogP) is 5.29. The first-order valence-electron chi connectivity index (χ1n) is 8.17. The molecule has 0 aliphatic rings. The van der Waals surface area contributed by atoms with Gasteiger partial charge in [0, 0.05) is 25.3 Å². The number of para-hydroxylation sites is 1. The number of halogens is 2. The molecule has 3 aromatic rings. The van der Waals surface area contributed by atoms with Crippen molar-refractivity contribution < 1.29 is 9.53 Å². The third kappa shape index (κ3) is 5.55. The molecule has 0 fully saturated rings. The van der Waals surface area contributed by atoms with Crippen LogP contribution in [0.25, 0.3) is 0 Å². The third-order valence-electron chi connectivity index (χ3n) is 3.74. The number of amides is 1. The monoisotopic (exact) mass is 490 g/mol. The fraction of sp³-hybridized carbons (Fsp3) is 0.0476. The first-order chi connectivity index (χ1) is 13.1. The largest absolute Gasteiger partial charge is 0.488 e. The average Bonchev–Trinajstić information content (AvgIpc) is 2.69. The molecule has 0 atom stereocenters. The van der Waals surface area contributed by atoms with Crippen LogP contribution in [0.1, 0.15) is 21.5 Å². The normalized spacial score (nSPS) is 10.7. The van der Waals surface area contributed by atoms with Crippen LogP contribution in [0.2, 0.25) is 5.02 Å². The number of benzene rings is 3. The second kappa shape index (κ2) is 9.53. The van der Waals surface area contributed by atoms with E-state index in [0.717, 1.165) is 14.7 Å². The van der Waals surface area contributed by atoms with E-state index in [4.69, 9.17) is 16.3 Å². The van der Waals surface area contributed by atoms with Gasteiger partial charge in [-0.3, -0.25) is 4.79 Å². The Hall–Kier alpha value is -2.38. The van der Waals surface area contributed by atoms with E-state index in [-0.39, 0.29) is 5.91 Å². The fourth-order valence-electron chi connectivity index (χ4n) is 2.32. The number of hydrogen-bond donors (Lipinski definition) is 1. The Morgan fingerprint density at radius 1 is 1.04 bits per heavy atom. The van der Waals surface area contributed by atoms with Gasteiger partial charge < -0.3 is 4.74 Å². The Balaban J connectivity index is 1.65. The Kier molecular flexibility index (Phi) is 6.84. The van der Waals surface area contributed by atoms with E-state index < -0.39 is 0 Å². The molecule has 0 saturated carbocycles. The maximum atomic E-state index is 12.1. The topological polar surface area (TPSA) is 50.7 Å². The number of hydrogen-bond acceptors (Lipinski definition) is 3. The van der Waals surface area contributed by atoms with Crippen LogP contribution in [0.4, 0.5) is 0 Å². The molecule has 0 aliphatic heterocycles. The maximum Gasteiger partial charge on any atom is 0.271 e. The quantitative estimate of drug-likeness (QED) is 0.290. The molecule has 1 amide bonds. The molecule has 27 heavy (non-hydrogen) atoms. The van der Waals surface area contributed by atoms with Gasteiger partial charge in [-0.15, -0.1) is 0 Å². The van der Waals surface area contributed by atoms with Crippen molar-refractivity contribution in [3.8, 4) is 5.75 Å². The minimum Gasteiger partial charge on any atom is -0.488 e. The van der Waals surface area contributed by atoms with Crippen molar-refractivity contribution in [1.82, 2.24) is 5.43 Å². The lowest BCUT2D eigenvalue weighted by Crippen LogP contribution is -2.17. The minimum absolute atomic E-state index is 0.267. The van der Waals surface area contributed by atoms with Crippen molar-refractivity contribution in [1.29, 1.82) is 0 Å². The predicted molar refractivity (Wildman–Crippen MR) is 116 cm³/mol. The summed E-state index contributed by atoms with van der Waals surface area (Å²) in [7, 11) is 0. The summed E-state index contributed by atoms with van der Waals surface area (Å²) < 4.78 is 6.94. The second-order valence-electron chi connectivity index (χ2n) is 5.62. The summed E-state index contributed by atoms with van der Waals surface area (Å²) in [5.74, 6) is 0.391. The van der Waals surface area contributed by atoms with Crippen LogP contribution in [-0.2, 0) is 6.61 Å². The van der Waals surface area contributed by atoms with Crippen molar-refractivity contribution in [2.24, 2.45) is 5.10 Å². The van der Waals surface area contributed by atoms with Gasteiger partial charge in [0.05, 0.1) is 6.21 Å². The summed E-state index contributed by atoms with van der Waals surface area (Å²) in [5, 5.41) is 4.70. The molecule has 0 spiro atoms. The second-order valence-corrected chi connectivity index (χ2v) is 7.28. The summed E-state index contributed by atoms with van der Waals surface area (Å²) in [6, 6.07) is 22.3. The Morgan fingerprint density at radius 2 is 1.74 bits per heavy atom. The number of nitrogens with zero attached hydrogens (tertiary/aromatic N) is 1. The van der Waals surface area contributed by atoms with Crippen LogP contribution < -0.4 is 10.2 Å². The molecule has 0 heterocycles. The lowest BCUT2D eigenvalue weighted by atomic mass is 10.2. The van der Waals surface area contributed by atoms with Crippen molar-refractivity contribution in [3.63, 3.8) is 0 Å². The Morgan fingerprint density at radius 3 is 2.52 bits per heavy atom. The highest BCUT2D eigenvalue weighted by molar-refractivity contribution is 14.1. The molecule has 0 saturated heterocycles. The number of nitrogens with one attached hydrogen (secondary N) is 1. The summed E-state index contributed by atoms with van der Waals surface area (Å²) in [4.78, 5) is 12.1. The van der Waals surface area contributed by atoms with Crippen molar-refractivity contribution in [3.05, 3.63) is 98.1 Å². The van der Waals surface area contributed by atoms with Gasteiger partial charge in [-0.2, -0.15) is 5.10 Å². The lowest BCUT2D eigenvalue weighted by Gasteiger charge is -2.10. The highest BCUT2D eigenvalue weighted by atomic mass is 127. The zero-order valence-corrected chi connectivity index (χ0v) is 17.1. The molecule has 1 N–H and O–H groups in total. The number of hydrazone groups is 1. The fourth-order valence-corrected chi connectivity index (χ4v) is 2.87. The molecular weight excluding hydrogens is 475 g/mol.